The molecule has 1 aromatic carbocycles. The van der Waals surface area contributed by atoms with Crippen molar-refractivity contribution in [3.05, 3.63) is 68.1 Å². The summed E-state index contributed by atoms with van der Waals surface area (Å²) >= 11 is 0. The summed E-state index contributed by atoms with van der Waals surface area (Å²) in [6, 6.07) is 10.0. The Kier molecular flexibility index (Phi) is 3.80. The highest BCUT2D eigenvalue weighted by atomic mass is 16.6. The molecule has 2 atom stereocenters. The van der Waals surface area contributed by atoms with E-state index in [2.05, 4.69) is 4.90 Å². The summed E-state index contributed by atoms with van der Waals surface area (Å²) in [5.74, 6) is 0.421. The van der Waals surface area contributed by atoms with Crippen LogP contribution in [0.3, 0.4) is 0 Å². The second-order valence-corrected chi connectivity index (χ2v) is 6.97. The number of pyridine rings is 1. The lowest BCUT2D eigenvalue weighted by molar-refractivity contribution is -0.385. The first-order chi connectivity index (χ1) is 12.0. The number of nitro groups is 1. The van der Waals surface area contributed by atoms with Crippen molar-refractivity contribution in [1.82, 2.24) is 9.47 Å². The van der Waals surface area contributed by atoms with Crippen LogP contribution >= 0.6 is 0 Å². The zero-order valence-electron chi connectivity index (χ0n) is 13.7. The second-order valence-electron chi connectivity index (χ2n) is 6.97. The normalized spacial score (nSPS) is 22.4. The number of fused-ring (bicyclic) bond motifs is 4. The molecule has 2 bridgehead atoms. The molecule has 0 amide bonds. The van der Waals surface area contributed by atoms with Gasteiger partial charge in [0.05, 0.1) is 4.92 Å². The maximum absolute atomic E-state index is 12.1. The van der Waals surface area contributed by atoms with Gasteiger partial charge in [-0.3, -0.25) is 19.8 Å². The molecule has 0 aliphatic carbocycles. The molecule has 2 aromatic rings. The van der Waals surface area contributed by atoms with Crippen LogP contribution in [-0.2, 0) is 13.1 Å². The van der Waals surface area contributed by atoms with Gasteiger partial charge in [0, 0.05) is 49.9 Å². The van der Waals surface area contributed by atoms with Crippen LogP contribution in [-0.4, -0.2) is 32.6 Å². The van der Waals surface area contributed by atoms with Gasteiger partial charge in [0.15, 0.2) is 5.75 Å². The van der Waals surface area contributed by atoms with E-state index in [0.717, 1.165) is 37.3 Å². The minimum atomic E-state index is -0.563. The molecule has 7 nitrogen and oxygen atoms in total. The van der Waals surface area contributed by atoms with E-state index in [4.69, 9.17) is 0 Å². The molecule has 3 heterocycles. The lowest BCUT2D eigenvalue weighted by Crippen LogP contribution is -2.46. The Bertz CT molecular complexity index is 892. The van der Waals surface area contributed by atoms with Crippen LogP contribution in [0, 0.1) is 16.0 Å². The highest BCUT2D eigenvalue weighted by molar-refractivity contribution is 5.47. The summed E-state index contributed by atoms with van der Waals surface area (Å²) in [7, 11) is 0. The average molecular weight is 341 g/mol. The number of rotatable bonds is 3. The molecule has 1 fully saturated rings. The predicted molar refractivity (Wildman–Crippen MR) is 91.6 cm³/mol. The van der Waals surface area contributed by atoms with Crippen molar-refractivity contribution < 1.29 is 10.0 Å². The van der Waals surface area contributed by atoms with Crippen molar-refractivity contribution in [1.29, 1.82) is 0 Å². The van der Waals surface area contributed by atoms with Crippen molar-refractivity contribution in [2.75, 3.05) is 13.1 Å². The lowest BCUT2D eigenvalue weighted by atomic mass is 9.83. The summed E-state index contributed by atoms with van der Waals surface area (Å²) in [6.45, 7) is 3.03. The first-order valence-corrected chi connectivity index (χ1v) is 8.39. The number of hydrogen-bond acceptors (Lipinski definition) is 5. The Labute approximate surface area is 144 Å². The van der Waals surface area contributed by atoms with Crippen molar-refractivity contribution in [3.63, 3.8) is 0 Å². The van der Waals surface area contributed by atoms with Gasteiger partial charge in [0.2, 0.25) is 0 Å². The molecule has 1 saturated heterocycles. The van der Waals surface area contributed by atoms with Gasteiger partial charge in [-0.15, -0.1) is 0 Å². The monoisotopic (exact) mass is 341 g/mol. The molecule has 1 aromatic heterocycles. The summed E-state index contributed by atoms with van der Waals surface area (Å²) < 4.78 is 1.89. The smallest absolute Gasteiger partial charge is 0.311 e. The highest BCUT2D eigenvalue weighted by Gasteiger charge is 2.34. The number of hydrogen-bond donors (Lipinski definition) is 1. The number of aromatic hydroxyl groups is 1. The molecule has 4 rings (SSSR count). The molecule has 1 N–H and O–H groups in total. The number of benzene rings is 1. The third-order valence-corrected chi connectivity index (χ3v) is 5.20. The fraction of sp³-hybridized carbons (Fsp3) is 0.389. The maximum Gasteiger partial charge on any atom is 0.311 e. The molecule has 0 saturated carbocycles. The fourth-order valence-corrected chi connectivity index (χ4v) is 4.20. The van der Waals surface area contributed by atoms with Gasteiger partial charge in [-0.2, -0.15) is 0 Å². The van der Waals surface area contributed by atoms with Crippen LogP contribution in [0.2, 0.25) is 0 Å². The Morgan fingerprint density at radius 3 is 2.84 bits per heavy atom. The Morgan fingerprint density at radius 1 is 1.20 bits per heavy atom. The van der Waals surface area contributed by atoms with E-state index >= 15 is 0 Å². The van der Waals surface area contributed by atoms with Gasteiger partial charge < -0.3 is 9.67 Å². The van der Waals surface area contributed by atoms with E-state index in [1.54, 1.807) is 12.1 Å². The van der Waals surface area contributed by atoms with E-state index in [1.807, 2.05) is 16.7 Å². The first kappa shape index (κ1) is 15.8. The largest absolute Gasteiger partial charge is 0.502 e. The maximum atomic E-state index is 12.1. The van der Waals surface area contributed by atoms with Crippen molar-refractivity contribution in [2.24, 2.45) is 5.92 Å². The molecular formula is C18H19N3O4. The Hall–Kier alpha value is -2.67. The Balaban J connectivity index is 1.56. The van der Waals surface area contributed by atoms with E-state index in [-0.39, 0.29) is 17.0 Å². The number of piperidine rings is 1. The van der Waals surface area contributed by atoms with Gasteiger partial charge in [-0.1, -0.05) is 12.1 Å². The van der Waals surface area contributed by atoms with Gasteiger partial charge in [0.25, 0.3) is 5.56 Å². The minimum Gasteiger partial charge on any atom is -0.502 e. The van der Waals surface area contributed by atoms with E-state index < -0.39 is 4.92 Å². The number of phenolic OH excluding ortho intramolecular Hbond substituents is 1. The molecule has 0 radical (unpaired) electrons. The number of nitrogens with zero attached hydrogens (tertiary/aromatic N) is 3. The number of aromatic nitrogens is 1. The minimum absolute atomic E-state index is 0.0646. The standard InChI is InChI=1S/C18H19N3O4/c22-17-5-4-12(7-16(17)21(24)25)8-19-9-13-6-14(11-19)15-2-1-3-18(23)20(15)10-13/h1-5,7,13-14,22H,6,8-11H2/t13-,14+/m1/s1. The fourth-order valence-electron chi connectivity index (χ4n) is 4.20. The molecule has 0 spiro atoms. The third kappa shape index (κ3) is 2.91. The van der Waals surface area contributed by atoms with Crippen molar-refractivity contribution in [2.45, 2.75) is 25.4 Å². The van der Waals surface area contributed by atoms with Crippen molar-refractivity contribution >= 4 is 5.69 Å². The molecular weight excluding hydrogens is 322 g/mol. The van der Waals surface area contributed by atoms with E-state index in [0.29, 0.717) is 18.4 Å². The predicted octanol–water partition coefficient (Wildman–Crippen LogP) is 2.08. The zero-order chi connectivity index (χ0) is 17.6. The quantitative estimate of drug-likeness (QED) is 0.682. The molecule has 2 aliphatic heterocycles. The lowest BCUT2D eigenvalue weighted by Gasteiger charge is -2.42. The summed E-state index contributed by atoms with van der Waals surface area (Å²) in [5.41, 5.74) is 1.71. The van der Waals surface area contributed by atoms with Crippen LogP contribution in [0.15, 0.2) is 41.2 Å². The molecule has 2 aliphatic rings. The SMILES string of the molecule is O=c1cccc2n1C[C@@H]1C[C@H]2CN(Cc2ccc(O)c([N+](=O)[O-])c2)C1. The first-order valence-electron chi connectivity index (χ1n) is 8.39. The van der Waals surface area contributed by atoms with Crippen LogP contribution in [0.25, 0.3) is 0 Å². The van der Waals surface area contributed by atoms with E-state index in [1.165, 1.54) is 12.1 Å². The number of nitro benzene ring substituents is 1. The average Bonchev–Trinajstić information content (AvgIpc) is 2.57. The zero-order valence-corrected chi connectivity index (χ0v) is 13.7. The number of phenols is 1. The van der Waals surface area contributed by atoms with Gasteiger partial charge in [-0.25, -0.2) is 0 Å². The molecule has 25 heavy (non-hydrogen) atoms. The van der Waals surface area contributed by atoms with Crippen molar-refractivity contribution in [3.8, 4) is 5.75 Å². The highest BCUT2D eigenvalue weighted by Crippen LogP contribution is 2.36. The number of likely N-dealkylation sites (tertiary alicyclic amines) is 1. The van der Waals surface area contributed by atoms with Crippen LogP contribution in [0.5, 0.6) is 5.75 Å². The summed E-state index contributed by atoms with van der Waals surface area (Å²) in [5, 5.41) is 20.6. The van der Waals surface area contributed by atoms with Crippen LogP contribution in [0.4, 0.5) is 5.69 Å². The van der Waals surface area contributed by atoms with Crippen LogP contribution in [0.1, 0.15) is 23.6 Å². The summed E-state index contributed by atoms with van der Waals surface area (Å²) in [4.78, 5) is 24.8. The topological polar surface area (TPSA) is 88.6 Å². The molecule has 0 unspecified atom stereocenters. The van der Waals surface area contributed by atoms with E-state index in [9.17, 15) is 20.0 Å². The van der Waals surface area contributed by atoms with Crippen LogP contribution < -0.4 is 5.56 Å². The summed E-state index contributed by atoms with van der Waals surface area (Å²) in [6.07, 6.45) is 1.08. The third-order valence-electron chi connectivity index (χ3n) is 5.20. The van der Waals surface area contributed by atoms with Gasteiger partial charge in [-0.05, 0) is 30.0 Å². The second kappa shape index (κ2) is 6.00. The molecule has 130 valence electrons. The van der Waals surface area contributed by atoms with Gasteiger partial charge >= 0.3 is 5.69 Å². The van der Waals surface area contributed by atoms with Gasteiger partial charge in [0.1, 0.15) is 0 Å². The molecule has 7 heteroatoms. The Morgan fingerprint density at radius 2 is 2.04 bits per heavy atom.